The number of hydrogen-bond donors (Lipinski definition) is 0. The maximum Gasteiger partial charge on any atom is 0.161 e. The van der Waals surface area contributed by atoms with E-state index in [4.69, 9.17) is 9.47 Å². The molecule has 0 rings (SSSR count). The smallest absolute Gasteiger partial charge is 0.161 e. The van der Waals surface area contributed by atoms with Crippen LogP contribution >= 0.6 is 0 Å². The Hall–Kier alpha value is -0.340. The van der Waals surface area contributed by atoms with Crippen molar-refractivity contribution in [3.05, 3.63) is 12.2 Å². The minimum absolute atomic E-state index is 0.0992. The van der Waals surface area contributed by atoms with Crippen molar-refractivity contribution in [1.82, 2.24) is 0 Å². The van der Waals surface area contributed by atoms with Crippen molar-refractivity contribution in [1.29, 1.82) is 0 Å². The number of unbranched alkanes of at least 4 members (excludes halogenated alkanes) is 2. The van der Waals surface area contributed by atoms with Crippen LogP contribution in [-0.2, 0) is 9.47 Å². The average Bonchev–Trinajstić information content (AvgIpc) is 2.15. The zero-order chi connectivity index (χ0) is 12.4. The van der Waals surface area contributed by atoms with E-state index in [1.807, 2.05) is 27.7 Å². The molecule has 0 fully saturated rings. The van der Waals surface area contributed by atoms with Crippen molar-refractivity contribution in [3.8, 4) is 0 Å². The Labute approximate surface area is 101 Å². The third-order valence-corrected chi connectivity index (χ3v) is 2.07. The van der Waals surface area contributed by atoms with Crippen LogP contribution in [0.5, 0.6) is 0 Å². The van der Waals surface area contributed by atoms with Gasteiger partial charge in [0.1, 0.15) is 0 Å². The fourth-order valence-corrected chi connectivity index (χ4v) is 1.40. The number of rotatable bonds is 9. The highest BCUT2D eigenvalue weighted by molar-refractivity contribution is 4.82. The summed E-state index contributed by atoms with van der Waals surface area (Å²) in [5.41, 5.74) is 0. The summed E-state index contributed by atoms with van der Waals surface area (Å²) < 4.78 is 11.4. The highest BCUT2D eigenvalue weighted by Gasteiger charge is 2.11. The molecule has 0 amide bonds. The van der Waals surface area contributed by atoms with E-state index in [0.29, 0.717) is 0 Å². The summed E-state index contributed by atoms with van der Waals surface area (Å²) >= 11 is 0. The lowest BCUT2D eigenvalue weighted by molar-refractivity contribution is -0.178. The quantitative estimate of drug-likeness (QED) is 0.333. The largest absolute Gasteiger partial charge is 0.350 e. The summed E-state index contributed by atoms with van der Waals surface area (Å²) in [4.78, 5) is 0. The summed E-state index contributed by atoms with van der Waals surface area (Å²) in [5, 5.41) is 0. The van der Waals surface area contributed by atoms with Crippen molar-refractivity contribution in [2.45, 2.75) is 78.8 Å². The molecule has 2 heteroatoms. The Bertz CT molecular complexity index is 164. The fraction of sp³-hybridized carbons (Fsp3) is 0.857. The van der Waals surface area contributed by atoms with E-state index in [-0.39, 0.29) is 18.5 Å². The van der Waals surface area contributed by atoms with Crippen molar-refractivity contribution in [2.24, 2.45) is 0 Å². The van der Waals surface area contributed by atoms with E-state index in [1.54, 1.807) is 0 Å². The first kappa shape index (κ1) is 15.7. The molecule has 0 saturated heterocycles. The molecule has 0 aliphatic rings. The number of hydrogen-bond acceptors (Lipinski definition) is 2. The monoisotopic (exact) mass is 228 g/mol. The van der Waals surface area contributed by atoms with Gasteiger partial charge in [0.05, 0.1) is 12.2 Å². The molecule has 0 aromatic heterocycles. The molecule has 0 heterocycles. The van der Waals surface area contributed by atoms with Gasteiger partial charge in [-0.1, -0.05) is 31.9 Å². The van der Waals surface area contributed by atoms with Gasteiger partial charge in [0.25, 0.3) is 0 Å². The zero-order valence-corrected chi connectivity index (χ0v) is 11.5. The van der Waals surface area contributed by atoms with E-state index in [1.165, 1.54) is 12.8 Å². The Morgan fingerprint density at radius 1 is 0.938 bits per heavy atom. The minimum Gasteiger partial charge on any atom is -0.350 e. The minimum atomic E-state index is -0.0992. The van der Waals surface area contributed by atoms with Gasteiger partial charge in [-0.2, -0.15) is 0 Å². The molecule has 96 valence electrons. The first-order valence-corrected chi connectivity index (χ1v) is 6.52. The predicted octanol–water partition coefficient (Wildman–Crippen LogP) is 4.30. The van der Waals surface area contributed by atoms with Crippen LogP contribution in [0.2, 0.25) is 0 Å². The second kappa shape index (κ2) is 9.86. The lowest BCUT2D eigenvalue weighted by Crippen LogP contribution is -2.23. The summed E-state index contributed by atoms with van der Waals surface area (Å²) in [6, 6.07) is 0. The maximum atomic E-state index is 5.69. The SMILES string of the molecule is CCCC/C=C/CC(OC(C)C)OC(C)C. The van der Waals surface area contributed by atoms with Crippen molar-refractivity contribution >= 4 is 0 Å². The van der Waals surface area contributed by atoms with Gasteiger partial charge in [-0.05, 0) is 34.1 Å². The van der Waals surface area contributed by atoms with Crippen LogP contribution in [0.3, 0.4) is 0 Å². The molecule has 0 aliphatic heterocycles. The van der Waals surface area contributed by atoms with Gasteiger partial charge >= 0.3 is 0 Å². The predicted molar refractivity (Wildman–Crippen MR) is 69.5 cm³/mol. The molecule has 0 N–H and O–H groups in total. The molecule has 0 aliphatic carbocycles. The molecule has 0 saturated carbocycles. The molecule has 0 bridgehead atoms. The molecular formula is C14H28O2. The van der Waals surface area contributed by atoms with Crippen LogP contribution in [0.1, 0.15) is 60.3 Å². The van der Waals surface area contributed by atoms with Crippen molar-refractivity contribution in [3.63, 3.8) is 0 Å². The van der Waals surface area contributed by atoms with Crippen LogP contribution in [0.4, 0.5) is 0 Å². The van der Waals surface area contributed by atoms with Crippen molar-refractivity contribution < 1.29 is 9.47 Å². The van der Waals surface area contributed by atoms with Crippen LogP contribution in [0.25, 0.3) is 0 Å². The third-order valence-electron chi connectivity index (χ3n) is 2.07. The Morgan fingerprint density at radius 2 is 1.50 bits per heavy atom. The fourth-order valence-electron chi connectivity index (χ4n) is 1.40. The van der Waals surface area contributed by atoms with E-state index in [0.717, 1.165) is 12.8 Å². The normalized spacial score (nSPS) is 12.5. The van der Waals surface area contributed by atoms with Gasteiger partial charge < -0.3 is 9.47 Å². The molecule has 2 nitrogen and oxygen atoms in total. The maximum absolute atomic E-state index is 5.69. The summed E-state index contributed by atoms with van der Waals surface area (Å²) in [6.07, 6.45) is 9.25. The van der Waals surface area contributed by atoms with Gasteiger partial charge in [0.2, 0.25) is 0 Å². The summed E-state index contributed by atoms with van der Waals surface area (Å²) in [7, 11) is 0. The highest BCUT2D eigenvalue weighted by atomic mass is 16.7. The lowest BCUT2D eigenvalue weighted by atomic mass is 10.2. The Kier molecular flexibility index (Phi) is 9.65. The zero-order valence-electron chi connectivity index (χ0n) is 11.5. The van der Waals surface area contributed by atoms with Crippen molar-refractivity contribution in [2.75, 3.05) is 0 Å². The molecule has 0 radical (unpaired) electrons. The molecule has 0 aromatic carbocycles. The molecule has 0 spiro atoms. The second-order valence-corrected chi connectivity index (χ2v) is 4.65. The van der Waals surface area contributed by atoms with Crippen LogP contribution in [0.15, 0.2) is 12.2 Å². The van der Waals surface area contributed by atoms with Crippen LogP contribution in [-0.4, -0.2) is 18.5 Å². The average molecular weight is 228 g/mol. The molecule has 16 heavy (non-hydrogen) atoms. The molecule has 0 aromatic rings. The van der Waals surface area contributed by atoms with Gasteiger partial charge in [0, 0.05) is 6.42 Å². The second-order valence-electron chi connectivity index (χ2n) is 4.65. The van der Waals surface area contributed by atoms with E-state index in [9.17, 15) is 0 Å². The lowest BCUT2D eigenvalue weighted by Gasteiger charge is -2.21. The first-order valence-electron chi connectivity index (χ1n) is 6.52. The van der Waals surface area contributed by atoms with Gasteiger partial charge in [0.15, 0.2) is 6.29 Å². The third kappa shape index (κ3) is 10.2. The Balaban J connectivity index is 3.86. The summed E-state index contributed by atoms with van der Waals surface area (Å²) in [6.45, 7) is 10.4. The Morgan fingerprint density at radius 3 is 1.94 bits per heavy atom. The standard InChI is InChI=1S/C14H28O2/c1-6-7-8-9-10-11-14(15-12(2)3)16-13(4)5/h9-10,12-14H,6-8,11H2,1-5H3/b10-9+. The van der Waals surface area contributed by atoms with E-state index >= 15 is 0 Å². The number of ether oxygens (including phenoxy) is 2. The van der Waals surface area contributed by atoms with Gasteiger partial charge in [-0.3, -0.25) is 0 Å². The topological polar surface area (TPSA) is 18.5 Å². The first-order chi connectivity index (χ1) is 7.56. The van der Waals surface area contributed by atoms with Crippen LogP contribution < -0.4 is 0 Å². The molecule has 0 unspecified atom stereocenters. The number of allylic oxidation sites excluding steroid dienone is 1. The van der Waals surface area contributed by atoms with Gasteiger partial charge in [-0.25, -0.2) is 0 Å². The summed E-state index contributed by atoms with van der Waals surface area (Å²) in [5.74, 6) is 0. The van der Waals surface area contributed by atoms with Gasteiger partial charge in [-0.15, -0.1) is 0 Å². The van der Waals surface area contributed by atoms with E-state index in [2.05, 4.69) is 19.1 Å². The van der Waals surface area contributed by atoms with E-state index < -0.39 is 0 Å². The van der Waals surface area contributed by atoms with Crippen LogP contribution in [0, 0.1) is 0 Å². The molecule has 0 atom stereocenters. The highest BCUT2D eigenvalue weighted by Crippen LogP contribution is 2.09. The molecular weight excluding hydrogens is 200 g/mol.